The average molecular weight is 608 g/mol. The Hall–Kier alpha value is -0.570. The van der Waals surface area contributed by atoms with Crippen molar-refractivity contribution in [3.63, 3.8) is 0 Å². The van der Waals surface area contributed by atoms with Crippen LogP contribution in [0.15, 0.2) is 0 Å². The van der Waals surface area contributed by atoms with E-state index in [-0.39, 0.29) is 18.6 Å². The highest BCUT2D eigenvalue weighted by Gasteiger charge is 2.10. The lowest BCUT2D eigenvalue weighted by atomic mass is 10.0. The first kappa shape index (κ1) is 42.4. The second-order valence-corrected chi connectivity index (χ2v) is 13.9. The van der Waals surface area contributed by atoms with E-state index in [0.29, 0.717) is 6.42 Å². The van der Waals surface area contributed by atoms with Crippen LogP contribution in [0, 0.1) is 0 Å². The molecule has 0 radical (unpaired) electrons. The van der Waals surface area contributed by atoms with Gasteiger partial charge in [-0.1, -0.05) is 219 Å². The van der Waals surface area contributed by atoms with Crippen LogP contribution in [0.4, 0.5) is 0 Å². The van der Waals surface area contributed by atoms with Crippen molar-refractivity contribution in [1.29, 1.82) is 0 Å². The number of carbonyl (C=O) groups is 1. The molecule has 1 unspecified atom stereocenters. The fraction of sp³-hybridized carbons (Fsp3) is 0.975. The first-order valence-corrected chi connectivity index (χ1v) is 20.1. The van der Waals surface area contributed by atoms with Crippen molar-refractivity contribution >= 4 is 5.91 Å². The lowest BCUT2D eigenvalue weighted by molar-refractivity contribution is -0.122. The van der Waals surface area contributed by atoms with Crippen LogP contribution in [0.2, 0.25) is 0 Å². The summed E-state index contributed by atoms with van der Waals surface area (Å²) >= 11 is 0. The maximum atomic E-state index is 12.3. The molecule has 0 aromatic carbocycles. The largest absolute Gasteiger partial charge is 0.394 e. The maximum absolute atomic E-state index is 12.3. The van der Waals surface area contributed by atoms with Gasteiger partial charge in [-0.3, -0.25) is 4.79 Å². The Morgan fingerprint density at radius 1 is 0.419 bits per heavy atom. The topological polar surface area (TPSA) is 49.3 Å². The molecular formula is C40H81NO2. The van der Waals surface area contributed by atoms with Gasteiger partial charge in [0.25, 0.3) is 0 Å². The zero-order valence-electron chi connectivity index (χ0n) is 29.9. The van der Waals surface area contributed by atoms with Crippen molar-refractivity contribution < 1.29 is 9.90 Å². The summed E-state index contributed by atoms with van der Waals surface area (Å²) in [7, 11) is 0. The molecule has 1 amide bonds. The van der Waals surface area contributed by atoms with Crippen molar-refractivity contribution in [3.8, 4) is 0 Å². The molecule has 0 fully saturated rings. The average Bonchev–Trinajstić information content (AvgIpc) is 3.01. The summed E-state index contributed by atoms with van der Waals surface area (Å²) in [6, 6.07) is -0.0504. The highest BCUT2D eigenvalue weighted by atomic mass is 16.3. The summed E-state index contributed by atoms with van der Waals surface area (Å²) < 4.78 is 0. The number of aliphatic hydroxyl groups excluding tert-OH is 1. The zero-order chi connectivity index (χ0) is 31.3. The third-order valence-corrected chi connectivity index (χ3v) is 9.50. The number of amides is 1. The van der Waals surface area contributed by atoms with Crippen LogP contribution in [0.5, 0.6) is 0 Å². The minimum Gasteiger partial charge on any atom is -0.394 e. The molecule has 1 atom stereocenters. The predicted molar refractivity (Wildman–Crippen MR) is 192 cm³/mol. The third kappa shape index (κ3) is 35.8. The molecular weight excluding hydrogens is 526 g/mol. The van der Waals surface area contributed by atoms with Gasteiger partial charge in [0.15, 0.2) is 0 Å². The van der Waals surface area contributed by atoms with E-state index in [4.69, 9.17) is 0 Å². The first-order chi connectivity index (χ1) is 21.2. The lowest BCUT2D eigenvalue weighted by Gasteiger charge is -2.16. The molecule has 0 rings (SSSR count). The highest BCUT2D eigenvalue weighted by molar-refractivity contribution is 5.76. The van der Waals surface area contributed by atoms with Crippen LogP contribution in [-0.2, 0) is 4.79 Å². The first-order valence-electron chi connectivity index (χ1n) is 20.1. The Labute approximate surface area is 271 Å². The van der Waals surface area contributed by atoms with Gasteiger partial charge in [0.1, 0.15) is 0 Å². The van der Waals surface area contributed by atoms with Crippen molar-refractivity contribution in [3.05, 3.63) is 0 Å². The van der Waals surface area contributed by atoms with Gasteiger partial charge in [-0.15, -0.1) is 0 Å². The Balaban J connectivity index is 3.34. The molecule has 0 bridgehead atoms. The number of rotatable bonds is 37. The molecule has 0 saturated carbocycles. The van der Waals surface area contributed by atoms with Crippen molar-refractivity contribution in [1.82, 2.24) is 5.32 Å². The summed E-state index contributed by atoms with van der Waals surface area (Å²) in [5.74, 6) is 0.135. The quantitative estimate of drug-likeness (QED) is 0.0690. The zero-order valence-corrected chi connectivity index (χ0v) is 29.9. The van der Waals surface area contributed by atoms with Gasteiger partial charge in [-0.2, -0.15) is 0 Å². The number of carbonyl (C=O) groups excluding carboxylic acids is 1. The highest BCUT2D eigenvalue weighted by Crippen LogP contribution is 2.16. The summed E-state index contributed by atoms with van der Waals surface area (Å²) in [6.45, 7) is 4.65. The fourth-order valence-corrected chi connectivity index (χ4v) is 6.46. The molecule has 0 aromatic rings. The van der Waals surface area contributed by atoms with Gasteiger partial charge in [-0.25, -0.2) is 0 Å². The third-order valence-electron chi connectivity index (χ3n) is 9.50. The van der Waals surface area contributed by atoms with E-state index >= 15 is 0 Å². The minimum absolute atomic E-state index is 0.0504. The Morgan fingerprint density at radius 3 is 0.953 bits per heavy atom. The second kappa shape index (κ2) is 37.6. The molecule has 3 heteroatoms. The Kier molecular flexibility index (Phi) is 37.1. The van der Waals surface area contributed by atoms with E-state index in [1.807, 2.05) is 0 Å². The van der Waals surface area contributed by atoms with E-state index in [9.17, 15) is 9.90 Å². The van der Waals surface area contributed by atoms with Crippen LogP contribution in [0.3, 0.4) is 0 Å². The standard InChI is InChI=1S/C40H81NO2/c1-3-5-7-9-11-13-15-17-18-19-20-21-22-23-24-25-27-29-31-33-35-37-40(43)41-39(38-42)36-34-32-30-28-26-16-14-12-10-8-6-4-2/h39,42H,3-38H2,1-2H3,(H,41,43). The number of unbranched alkanes of at least 4 members (excludes halogenated alkanes) is 31. The van der Waals surface area contributed by atoms with Gasteiger partial charge in [0.05, 0.1) is 12.6 Å². The van der Waals surface area contributed by atoms with Gasteiger partial charge in [-0.05, 0) is 12.8 Å². The smallest absolute Gasteiger partial charge is 0.220 e. The van der Waals surface area contributed by atoms with Crippen LogP contribution in [0.25, 0.3) is 0 Å². The van der Waals surface area contributed by atoms with Gasteiger partial charge in [0.2, 0.25) is 5.91 Å². The van der Waals surface area contributed by atoms with Crippen LogP contribution in [-0.4, -0.2) is 23.7 Å². The summed E-state index contributed by atoms with van der Waals surface area (Å²) in [5, 5.41) is 12.8. The van der Waals surface area contributed by atoms with E-state index in [2.05, 4.69) is 19.2 Å². The van der Waals surface area contributed by atoms with Crippen LogP contribution in [0.1, 0.15) is 239 Å². The Morgan fingerprint density at radius 2 is 0.674 bits per heavy atom. The van der Waals surface area contributed by atoms with Gasteiger partial charge < -0.3 is 10.4 Å². The molecule has 0 aliphatic rings. The number of aliphatic hydroxyl groups is 1. The van der Waals surface area contributed by atoms with E-state index in [1.165, 1.54) is 193 Å². The molecule has 43 heavy (non-hydrogen) atoms. The van der Waals surface area contributed by atoms with E-state index < -0.39 is 0 Å². The van der Waals surface area contributed by atoms with E-state index in [1.54, 1.807) is 0 Å². The summed E-state index contributed by atoms with van der Waals surface area (Å²) in [5.41, 5.74) is 0. The van der Waals surface area contributed by atoms with Crippen molar-refractivity contribution in [2.75, 3.05) is 6.61 Å². The van der Waals surface area contributed by atoms with Gasteiger partial charge in [0, 0.05) is 6.42 Å². The molecule has 258 valence electrons. The SMILES string of the molecule is CCCCCCCCCCCCCCCCCCCCCCCC(=O)NC(CO)CCCCCCCCCCCCCC. The number of nitrogens with one attached hydrogen (secondary N) is 1. The molecule has 0 aliphatic carbocycles. The maximum Gasteiger partial charge on any atom is 0.220 e. The Bertz CT molecular complexity index is 523. The van der Waals surface area contributed by atoms with Gasteiger partial charge >= 0.3 is 0 Å². The fourth-order valence-electron chi connectivity index (χ4n) is 6.46. The van der Waals surface area contributed by atoms with Crippen LogP contribution >= 0.6 is 0 Å². The molecule has 0 aliphatic heterocycles. The van der Waals surface area contributed by atoms with Crippen molar-refractivity contribution in [2.24, 2.45) is 0 Å². The summed E-state index contributed by atoms with van der Waals surface area (Å²) in [4.78, 5) is 12.3. The molecule has 0 heterocycles. The monoisotopic (exact) mass is 608 g/mol. The second-order valence-electron chi connectivity index (χ2n) is 13.9. The van der Waals surface area contributed by atoms with E-state index in [0.717, 1.165) is 25.7 Å². The molecule has 0 spiro atoms. The minimum atomic E-state index is -0.0504. The normalized spacial score (nSPS) is 12.2. The molecule has 3 nitrogen and oxygen atoms in total. The molecule has 2 N–H and O–H groups in total. The lowest BCUT2D eigenvalue weighted by Crippen LogP contribution is -2.37. The molecule has 0 saturated heterocycles. The molecule has 0 aromatic heterocycles. The number of hydrogen-bond donors (Lipinski definition) is 2. The summed E-state index contributed by atoms with van der Waals surface area (Å²) in [6.07, 6.45) is 46.7. The number of hydrogen-bond acceptors (Lipinski definition) is 2. The van der Waals surface area contributed by atoms with Crippen LogP contribution < -0.4 is 5.32 Å². The van der Waals surface area contributed by atoms with Crippen molar-refractivity contribution in [2.45, 2.75) is 245 Å². The predicted octanol–water partition coefficient (Wildman–Crippen LogP) is 13.2.